The predicted octanol–water partition coefficient (Wildman–Crippen LogP) is 3.37. The number of hydrogen-bond donors (Lipinski definition) is 2. The van der Waals surface area contributed by atoms with Crippen LogP contribution < -0.4 is 16.2 Å². The maximum Gasteiger partial charge on any atom is 0.416 e. The molecule has 0 saturated carbocycles. The van der Waals surface area contributed by atoms with Crippen LogP contribution in [0.5, 0.6) is 0 Å². The van der Waals surface area contributed by atoms with Crippen LogP contribution >= 0.6 is 0 Å². The van der Waals surface area contributed by atoms with Gasteiger partial charge in [-0.1, -0.05) is 24.1 Å². The van der Waals surface area contributed by atoms with Crippen LogP contribution in [-0.2, 0) is 19.3 Å². The smallest absolute Gasteiger partial charge is 0.332 e. The van der Waals surface area contributed by atoms with Gasteiger partial charge in [0.2, 0.25) is 0 Å². The van der Waals surface area contributed by atoms with E-state index >= 15 is 0 Å². The molecular formula is C20H15F3N4O2. The largest absolute Gasteiger partial charge is 0.416 e. The number of halogens is 3. The number of carbonyl (C=O) groups is 1. The van der Waals surface area contributed by atoms with Gasteiger partial charge in [0, 0.05) is 11.1 Å². The second-order valence-electron chi connectivity index (χ2n) is 6.04. The number of carbonyl (C=O) groups excluding carboxylic acids is 1. The Morgan fingerprint density at radius 2 is 1.76 bits per heavy atom. The van der Waals surface area contributed by atoms with Gasteiger partial charge in [0.25, 0.3) is 5.56 Å². The minimum atomic E-state index is -4.45. The maximum atomic E-state index is 12.6. The van der Waals surface area contributed by atoms with Crippen LogP contribution in [-0.4, -0.2) is 15.8 Å². The molecular weight excluding hydrogens is 385 g/mol. The number of fused-ring (bicyclic) bond motifs is 1. The molecule has 0 spiro atoms. The van der Waals surface area contributed by atoms with Crippen molar-refractivity contribution in [2.45, 2.75) is 19.3 Å². The molecule has 3 rings (SSSR count). The molecule has 6 nitrogen and oxygen atoms in total. The molecule has 2 amide bonds. The van der Waals surface area contributed by atoms with E-state index in [4.69, 9.17) is 6.42 Å². The number of benzene rings is 2. The molecule has 0 saturated heterocycles. The summed E-state index contributed by atoms with van der Waals surface area (Å²) in [6.07, 6.45) is 0.820. The molecule has 0 aliphatic heterocycles. The number of hydrogen-bond acceptors (Lipinski definition) is 3. The predicted molar refractivity (Wildman–Crippen MR) is 102 cm³/mol. The number of aromatic nitrogens is 2. The van der Waals surface area contributed by atoms with E-state index in [0.29, 0.717) is 16.5 Å². The summed E-state index contributed by atoms with van der Waals surface area (Å²) < 4.78 is 38.9. The van der Waals surface area contributed by atoms with Crippen LogP contribution in [0.3, 0.4) is 0 Å². The Kier molecular flexibility index (Phi) is 5.54. The maximum absolute atomic E-state index is 12.6. The summed E-state index contributed by atoms with van der Waals surface area (Å²) in [5.41, 5.74) is -0.518. The lowest BCUT2D eigenvalue weighted by atomic mass is 10.1. The molecule has 0 aliphatic carbocycles. The van der Waals surface area contributed by atoms with Crippen LogP contribution in [0, 0.1) is 12.3 Å². The topological polar surface area (TPSA) is 76.0 Å². The Balaban J connectivity index is 1.75. The van der Waals surface area contributed by atoms with E-state index in [1.165, 1.54) is 0 Å². The summed E-state index contributed by atoms with van der Waals surface area (Å²) >= 11 is 0. The first kappa shape index (κ1) is 19.9. The number of anilines is 1. The summed E-state index contributed by atoms with van der Waals surface area (Å²) in [5.74, 6) is 2.35. The molecule has 29 heavy (non-hydrogen) atoms. The molecule has 0 aliphatic rings. The van der Waals surface area contributed by atoms with E-state index in [-0.39, 0.29) is 24.3 Å². The van der Waals surface area contributed by atoms with E-state index in [2.05, 4.69) is 21.7 Å². The molecule has 9 heteroatoms. The van der Waals surface area contributed by atoms with Crippen molar-refractivity contribution >= 4 is 22.5 Å². The highest BCUT2D eigenvalue weighted by Gasteiger charge is 2.29. The Labute approximate surface area is 163 Å². The number of nitrogens with zero attached hydrogens (tertiary/aromatic N) is 2. The van der Waals surface area contributed by atoms with Gasteiger partial charge in [0.1, 0.15) is 6.54 Å². The number of urea groups is 1. The molecule has 0 radical (unpaired) electrons. The van der Waals surface area contributed by atoms with Crippen molar-refractivity contribution in [1.29, 1.82) is 0 Å². The van der Waals surface area contributed by atoms with Crippen molar-refractivity contribution in [1.82, 2.24) is 15.1 Å². The standard InChI is InChI=1S/C20H15F3N4O2/c1-2-11-27-18(28)16-6-4-3-5-15(16)17(26-27)12-24-19(29)25-14-9-7-13(8-10-14)20(21,22)23/h1,3-10H,11-12H2,(H2,24,25,29). The van der Waals surface area contributed by atoms with Crippen molar-refractivity contribution in [3.63, 3.8) is 0 Å². The summed E-state index contributed by atoms with van der Waals surface area (Å²) in [4.78, 5) is 24.5. The van der Waals surface area contributed by atoms with Gasteiger partial charge < -0.3 is 10.6 Å². The van der Waals surface area contributed by atoms with E-state index in [1.54, 1.807) is 24.3 Å². The summed E-state index contributed by atoms with van der Waals surface area (Å²) in [6.45, 7) is -0.0355. The average Bonchev–Trinajstić information content (AvgIpc) is 2.69. The van der Waals surface area contributed by atoms with Crippen LogP contribution in [0.2, 0.25) is 0 Å². The van der Waals surface area contributed by atoms with E-state index in [1.807, 2.05) is 0 Å². The van der Waals surface area contributed by atoms with E-state index in [9.17, 15) is 22.8 Å². The zero-order valence-electron chi connectivity index (χ0n) is 15.0. The first-order valence-electron chi connectivity index (χ1n) is 8.44. The van der Waals surface area contributed by atoms with Gasteiger partial charge in [-0.3, -0.25) is 4.79 Å². The van der Waals surface area contributed by atoms with Gasteiger partial charge in [-0.2, -0.15) is 18.3 Å². The highest BCUT2D eigenvalue weighted by Crippen LogP contribution is 2.29. The van der Waals surface area contributed by atoms with Crippen molar-refractivity contribution in [3.8, 4) is 12.3 Å². The number of nitrogens with one attached hydrogen (secondary N) is 2. The Hall–Kier alpha value is -3.80. The van der Waals surface area contributed by atoms with E-state index < -0.39 is 17.8 Å². The Morgan fingerprint density at radius 3 is 2.38 bits per heavy atom. The summed E-state index contributed by atoms with van der Waals surface area (Å²) in [5, 5.41) is 10.2. The quantitative estimate of drug-likeness (QED) is 0.660. The third-order valence-corrected chi connectivity index (χ3v) is 4.07. The van der Waals surface area contributed by atoms with Gasteiger partial charge in [0.05, 0.1) is 23.2 Å². The zero-order valence-corrected chi connectivity index (χ0v) is 15.0. The van der Waals surface area contributed by atoms with Gasteiger partial charge in [-0.05, 0) is 30.3 Å². The third kappa shape index (κ3) is 4.55. The van der Waals surface area contributed by atoms with Crippen molar-refractivity contribution in [3.05, 3.63) is 70.1 Å². The third-order valence-electron chi connectivity index (χ3n) is 4.07. The lowest BCUT2D eigenvalue weighted by Crippen LogP contribution is -2.31. The summed E-state index contributed by atoms with van der Waals surface area (Å²) in [6, 6.07) is 10.2. The molecule has 0 unspecified atom stereocenters. The normalized spacial score (nSPS) is 11.1. The van der Waals surface area contributed by atoms with Crippen LogP contribution in [0.25, 0.3) is 10.8 Å². The van der Waals surface area contributed by atoms with Gasteiger partial charge in [0.15, 0.2) is 0 Å². The highest BCUT2D eigenvalue weighted by atomic mass is 19.4. The Morgan fingerprint density at radius 1 is 1.10 bits per heavy atom. The lowest BCUT2D eigenvalue weighted by molar-refractivity contribution is -0.137. The van der Waals surface area contributed by atoms with Crippen LogP contribution in [0.1, 0.15) is 11.3 Å². The minimum Gasteiger partial charge on any atom is -0.332 e. The second-order valence-corrected chi connectivity index (χ2v) is 6.04. The number of amides is 2. The molecule has 3 aromatic rings. The molecule has 0 bridgehead atoms. The first-order valence-corrected chi connectivity index (χ1v) is 8.44. The number of alkyl halides is 3. The monoisotopic (exact) mass is 400 g/mol. The fraction of sp³-hybridized carbons (Fsp3) is 0.150. The van der Waals surface area contributed by atoms with Crippen molar-refractivity contribution < 1.29 is 18.0 Å². The Bertz CT molecular complexity index is 1150. The highest BCUT2D eigenvalue weighted by molar-refractivity contribution is 5.90. The number of terminal acetylenes is 1. The average molecular weight is 400 g/mol. The van der Waals surface area contributed by atoms with Crippen molar-refractivity contribution in [2.75, 3.05) is 5.32 Å². The fourth-order valence-electron chi connectivity index (χ4n) is 2.71. The SMILES string of the molecule is C#CCn1nc(CNC(=O)Nc2ccc(C(F)(F)F)cc2)c2ccccc2c1=O. The lowest BCUT2D eigenvalue weighted by Gasteiger charge is -2.12. The van der Waals surface area contributed by atoms with Crippen molar-refractivity contribution in [2.24, 2.45) is 0 Å². The molecule has 2 N–H and O–H groups in total. The summed E-state index contributed by atoms with van der Waals surface area (Å²) in [7, 11) is 0. The zero-order chi connectivity index (χ0) is 21.0. The van der Waals surface area contributed by atoms with Crippen LogP contribution in [0.15, 0.2) is 53.3 Å². The molecule has 0 atom stereocenters. The fourth-order valence-corrected chi connectivity index (χ4v) is 2.71. The molecule has 1 heterocycles. The van der Waals surface area contributed by atoms with E-state index in [0.717, 1.165) is 28.9 Å². The molecule has 2 aromatic carbocycles. The van der Waals surface area contributed by atoms with Gasteiger partial charge in [-0.25, -0.2) is 9.48 Å². The van der Waals surface area contributed by atoms with Gasteiger partial charge >= 0.3 is 12.2 Å². The van der Waals surface area contributed by atoms with Gasteiger partial charge in [-0.15, -0.1) is 6.42 Å². The molecule has 1 aromatic heterocycles. The molecule has 0 fully saturated rings. The minimum absolute atomic E-state index is 0.0160. The van der Waals surface area contributed by atoms with Crippen LogP contribution in [0.4, 0.5) is 23.7 Å². The first-order chi connectivity index (χ1) is 13.8. The number of rotatable bonds is 4. The second kappa shape index (κ2) is 8.06. The molecule has 148 valence electrons.